The molecule has 3 aliphatic rings. The van der Waals surface area contributed by atoms with Crippen LogP contribution in [0.5, 0.6) is 0 Å². The summed E-state index contributed by atoms with van der Waals surface area (Å²) in [6, 6.07) is 62.7. The molecule has 0 radical (unpaired) electrons. The Morgan fingerprint density at radius 1 is 0.239 bits per heavy atom. The van der Waals surface area contributed by atoms with Crippen molar-refractivity contribution in [2.75, 3.05) is 43.4 Å². The standard InChI is InChI=1S/C71H61N11O6/c72-52-25-9-44(10-26-52)1-3-46-13-29-54(30-14-46)74-60-41-63(83)70(87)81-67(60)78-58-37-21-50(22-38-58)7-6-48-17-33-56(34-18-48)76-62-43-65(85)71(88)82-68(62)79-59-39-23-51(24-40-59)8-5-47-15-31-55(32-16-47)75-61-42-64(84)69(86)80-66(61)77-57-35-19-49(20-36-57)4-2-45-11-27-53(73)28-12-45/h9-43,74-76H,1-8,72-73H2,(H,77,80,86)(H,78,81,87)(H,79,82,88). The van der Waals surface area contributed by atoms with Crippen molar-refractivity contribution in [3.63, 3.8) is 0 Å². The smallest absolute Gasteiger partial charge is 0.319 e. The van der Waals surface area contributed by atoms with E-state index in [1.54, 1.807) is 0 Å². The van der Waals surface area contributed by atoms with Crippen LogP contribution in [0.15, 0.2) is 244 Å². The van der Waals surface area contributed by atoms with Gasteiger partial charge in [-0.2, -0.15) is 15.0 Å². The molecule has 0 spiro atoms. The molecule has 11 rings (SSSR count). The van der Waals surface area contributed by atoms with Gasteiger partial charge in [-0.05, 0) is 193 Å². The number of aliphatic imine (C=N–C) groups is 3. The fourth-order valence-electron chi connectivity index (χ4n) is 9.93. The highest BCUT2D eigenvalue weighted by atomic mass is 16.2. The Labute approximate surface area is 508 Å². The number of hydrogen-bond acceptors (Lipinski definition) is 14. The van der Waals surface area contributed by atoms with Gasteiger partial charge in [-0.25, -0.2) is 0 Å². The number of nitrogens with one attached hydrogen (secondary N) is 6. The summed E-state index contributed by atoms with van der Waals surface area (Å²) in [5, 5.41) is 19.4. The monoisotopic (exact) mass is 1160 g/mol. The summed E-state index contributed by atoms with van der Waals surface area (Å²) in [7, 11) is 0. The van der Waals surface area contributed by atoms with E-state index in [9.17, 15) is 28.8 Å². The molecule has 0 saturated heterocycles. The van der Waals surface area contributed by atoms with Crippen LogP contribution in [0.2, 0.25) is 0 Å². The van der Waals surface area contributed by atoms with Gasteiger partial charge in [0.25, 0.3) is 0 Å². The van der Waals surface area contributed by atoms with Crippen molar-refractivity contribution in [2.24, 2.45) is 15.0 Å². The largest absolute Gasteiger partial charge is 0.399 e. The van der Waals surface area contributed by atoms with E-state index in [4.69, 9.17) is 11.5 Å². The Kier molecular flexibility index (Phi) is 17.8. The normalized spacial score (nSPS) is 14.0. The molecule has 0 aromatic heterocycles. The van der Waals surface area contributed by atoms with Crippen LogP contribution in [0, 0.1) is 0 Å². The highest BCUT2D eigenvalue weighted by Gasteiger charge is 2.26. The molecule has 0 fully saturated rings. The number of nitrogen functional groups attached to an aromatic ring is 2. The van der Waals surface area contributed by atoms with E-state index in [1.807, 2.05) is 194 Å². The van der Waals surface area contributed by atoms with Crippen LogP contribution in [0.3, 0.4) is 0 Å². The lowest BCUT2D eigenvalue weighted by atomic mass is 10.0. The fraction of sp³-hybridized carbons (Fsp3) is 0.113. The van der Waals surface area contributed by atoms with Gasteiger partial charge in [0, 0.05) is 63.7 Å². The topological polar surface area (TPSA) is 264 Å². The summed E-state index contributed by atoms with van der Waals surface area (Å²) in [4.78, 5) is 86.9. The summed E-state index contributed by atoms with van der Waals surface area (Å²) in [6.07, 6.45) is 10.2. The number of anilines is 8. The van der Waals surface area contributed by atoms with Crippen LogP contribution in [-0.4, -0.2) is 52.6 Å². The number of ketones is 3. The van der Waals surface area contributed by atoms with E-state index >= 15 is 0 Å². The van der Waals surface area contributed by atoms with Crippen LogP contribution < -0.4 is 43.4 Å². The number of rotatable bonds is 21. The average molecular weight is 1160 g/mol. The molecule has 3 aliphatic heterocycles. The van der Waals surface area contributed by atoms with Gasteiger partial charge >= 0.3 is 17.7 Å². The van der Waals surface area contributed by atoms with Crippen LogP contribution in [-0.2, 0) is 80.1 Å². The molecule has 17 nitrogen and oxygen atoms in total. The van der Waals surface area contributed by atoms with E-state index in [0.717, 1.165) is 107 Å². The summed E-state index contributed by atoms with van der Waals surface area (Å²) < 4.78 is 0. The number of dihydropyridines is 3. The number of amidine groups is 3. The number of aryl methyl sites for hydroxylation is 8. The molecule has 3 heterocycles. The van der Waals surface area contributed by atoms with Gasteiger partial charge in [0.15, 0.2) is 17.5 Å². The molecule has 0 bridgehead atoms. The minimum absolute atomic E-state index is 0.213. The van der Waals surface area contributed by atoms with Gasteiger partial charge in [-0.15, -0.1) is 0 Å². The maximum Gasteiger partial charge on any atom is 0.319 e. The first-order valence-electron chi connectivity index (χ1n) is 28.8. The second kappa shape index (κ2) is 27.0. The van der Waals surface area contributed by atoms with Gasteiger partial charge in [-0.1, -0.05) is 97.1 Å². The molecule has 88 heavy (non-hydrogen) atoms. The quantitative estimate of drug-likeness (QED) is 0.0246. The first kappa shape index (κ1) is 58.2. The molecule has 8 aromatic rings. The molecule has 436 valence electrons. The highest BCUT2D eigenvalue weighted by molar-refractivity contribution is 6.48. The fourth-order valence-corrected chi connectivity index (χ4v) is 9.93. The zero-order valence-corrected chi connectivity index (χ0v) is 47.8. The Balaban J connectivity index is 0.628. The first-order valence-corrected chi connectivity index (χ1v) is 28.8. The summed E-state index contributed by atoms with van der Waals surface area (Å²) in [5.41, 5.74) is 27.5. The average Bonchev–Trinajstić information content (AvgIpc) is 3.72. The number of hydrogen-bond donors (Lipinski definition) is 8. The summed E-state index contributed by atoms with van der Waals surface area (Å²) >= 11 is 0. The molecule has 3 amide bonds. The molecule has 0 saturated carbocycles. The van der Waals surface area contributed by atoms with Crippen LogP contribution in [0.4, 0.5) is 45.5 Å². The van der Waals surface area contributed by atoms with E-state index in [0.29, 0.717) is 39.8 Å². The summed E-state index contributed by atoms with van der Waals surface area (Å²) in [5.74, 6) is -4.02. The van der Waals surface area contributed by atoms with Crippen molar-refractivity contribution in [3.05, 3.63) is 274 Å². The van der Waals surface area contributed by atoms with E-state index in [-0.39, 0.29) is 17.5 Å². The van der Waals surface area contributed by atoms with Crippen molar-refractivity contribution in [2.45, 2.75) is 51.4 Å². The number of carbonyl (C=O) groups excluding carboxylic acids is 6. The van der Waals surface area contributed by atoms with Crippen LogP contribution >= 0.6 is 0 Å². The summed E-state index contributed by atoms with van der Waals surface area (Å²) in [6.45, 7) is 0. The zero-order valence-electron chi connectivity index (χ0n) is 47.8. The van der Waals surface area contributed by atoms with Crippen molar-refractivity contribution in [1.29, 1.82) is 0 Å². The molecular weight excluding hydrogens is 1100 g/mol. The van der Waals surface area contributed by atoms with Crippen molar-refractivity contribution in [1.82, 2.24) is 0 Å². The third-order valence-corrected chi connectivity index (χ3v) is 15.0. The van der Waals surface area contributed by atoms with Crippen molar-refractivity contribution in [3.8, 4) is 0 Å². The van der Waals surface area contributed by atoms with Gasteiger partial charge in [-0.3, -0.25) is 28.8 Å². The number of amides is 3. The van der Waals surface area contributed by atoms with E-state index in [1.165, 1.54) is 29.4 Å². The number of nitrogens with two attached hydrogens (primary N) is 2. The minimum atomic E-state index is -0.870. The predicted octanol–water partition coefficient (Wildman–Crippen LogP) is 10.7. The minimum Gasteiger partial charge on any atom is -0.399 e. The molecule has 0 unspecified atom stereocenters. The molecule has 10 N–H and O–H groups in total. The molecule has 17 heteroatoms. The third-order valence-electron chi connectivity index (χ3n) is 15.0. The van der Waals surface area contributed by atoms with Crippen molar-refractivity contribution < 1.29 is 28.8 Å². The van der Waals surface area contributed by atoms with Crippen LogP contribution in [0.25, 0.3) is 0 Å². The number of carbonyl (C=O) groups is 6. The maximum absolute atomic E-state index is 12.6. The van der Waals surface area contributed by atoms with Gasteiger partial charge in [0.1, 0.15) is 0 Å². The van der Waals surface area contributed by atoms with Crippen LogP contribution in [0.1, 0.15) is 44.5 Å². The zero-order chi connectivity index (χ0) is 60.9. The van der Waals surface area contributed by atoms with Crippen molar-refractivity contribution >= 4 is 98.1 Å². The van der Waals surface area contributed by atoms with Gasteiger partial charge in [0.2, 0.25) is 17.3 Å². The second-order valence-electron chi connectivity index (χ2n) is 21.5. The molecular formula is C71H61N11O6. The highest BCUT2D eigenvalue weighted by Crippen LogP contribution is 2.24. The second-order valence-corrected chi connectivity index (χ2v) is 21.5. The molecule has 0 aliphatic carbocycles. The Morgan fingerprint density at radius 2 is 0.409 bits per heavy atom. The Bertz CT molecular complexity index is 3880. The third kappa shape index (κ3) is 15.6. The van der Waals surface area contributed by atoms with E-state index in [2.05, 4.69) is 46.9 Å². The maximum atomic E-state index is 12.6. The SMILES string of the molecule is Nc1ccc(CCc2ccc(NC3=CC(=O)C(=O)N=C3Nc3ccc(CCc4ccc(NC5=CC(=O)C(=O)N=C5Nc5ccc(CCc6ccc(NC7=CC(=O)C(=O)N=C7Nc7ccc(CCc8ccc(N)cc8)cc7)cc6)cc5)cc4)cc3)cc2)cc1. The lowest BCUT2D eigenvalue weighted by Gasteiger charge is -2.18. The predicted molar refractivity (Wildman–Crippen MR) is 348 cm³/mol. The number of benzene rings is 8. The van der Waals surface area contributed by atoms with E-state index < -0.39 is 35.1 Å². The molecule has 0 atom stereocenters. The first-order chi connectivity index (χ1) is 42.7. The Hall–Kier alpha value is -11.6. The van der Waals surface area contributed by atoms with Gasteiger partial charge in [0.05, 0.1) is 17.1 Å². The lowest BCUT2D eigenvalue weighted by molar-refractivity contribution is -0.133. The Morgan fingerprint density at radius 3 is 0.602 bits per heavy atom. The van der Waals surface area contributed by atoms with Gasteiger partial charge < -0.3 is 43.4 Å². The number of nitrogens with zero attached hydrogens (tertiary/aromatic N) is 3. The molecule has 8 aromatic carbocycles. The lowest BCUT2D eigenvalue weighted by Crippen LogP contribution is -2.29.